The van der Waals surface area contributed by atoms with Crippen LogP contribution in [0.2, 0.25) is 0 Å². The van der Waals surface area contributed by atoms with Crippen LogP contribution < -0.4 is 10.6 Å². The van der Waals surface area contributed by atoms with Crippen molar-refractivity contribution in [2.45, 2.75) is 18.6 Å². The van der Waals surface area contributed by atoms with Gasteiger partial charge in [0.25, 0.3) is 5.91 Å². The van der Waals surface area contributed by atoms with E-state index >= 15 is 0 Å². The average molecular weight is 521 g/mol. The molecule has 2 aromatic rings. The Hall–Kier alpha value is -3.87. The number of carbonyl (C=O) groups is 4. The number of furan rings is 1. The summed E-state index contributed by atoms with van der Waals surface area (Å²) in [4.78, 5) is 55.4. The Morgan fingerprint density at radius 1 is 1.05 bits per heavy atom. The molecule has 2 aliphatic heterocycles. The van der Waals surface area contributed by atoms with Gasteiger partial charge in [0.2, 0.25) is 17.7 Å². The van der Waals surface area contributed by atoms with E-state index in [-0.39, 0.29) is 42.9 Å². The number of piperazine rings is 2. The molecular formula is C24H26F3N5O5. The maximum absolute atomic E-state index is 13.1. The van der Waals surface area contributed by atoms with Crippen molar-refractivity contribution in [3.63, 3.8) is 0 Å². The van der Waals surface area contributed by atoms with Crippen molar-refractivity contribution in [2.75, 3.05) is 51.1 Å². The largest absolute Gasteiger partial charge is 0.459 e. The second-order valence-corrected chi connectivity index (χ2v) is 8.77. The molecule has 0 bridgehead atoms. The molecule has 2 saturated heterocycles. The van der Waals surface area contributed by atoms with Crippen molar-refractivity contribution in [3.8, 4) is 0 Å². The molecular weight excluding hydrogens is 495 g/mol. The summed E-state index contributed by atoms with van der Waals surface area (Å²) in [6.07, 6.45) is -3.54. The minimum atomic E-state index is -4.56. The highest BCUT2D eigenvalue weighted by molar-refractivity contribution is 5.97. The monoisotopic (exact) mass is 521 g/mol. The van der Waals surface area contributed by atoms with E-state index in [0.29, 0.717) is 26.2 Å². The fraction of sp³-hybridized carbons (Fsp3) is 0.417. The van der Waals surface area contributed by atoms with Gasteiger partial charge in [-0.2, -0.15) is 13.2 Å². The smallest absolute Gasteiger partial charge is 0.416 e. The zero-order valence-electron chi connectivity index (χ0n) is 19.8. The number of rotatable bonds is 6. The second kappa shape index (κ2) is 11.0. The lowest BCUT2D eigenvalue weighted by Gasteiger charge is -2.38. The molecule has 3 heterocycles. The normalized spacial score (nSPS) is 18.9. The van der Waals surface area contributed by atoms with Crippen LogP contribution in [0.4, 0.5) is 18.9 Å². The number of benzene rings is 1. The van der Waals surface area contributed by atoms with Crippen LogP contribution in [0.25, 0.3) is 0 Å². The Morgan fingerprint density at radius 2 is 1.81 bits per heavy atom. The number of nitrogens with one attached hydrogen (secondary N) is 2. The van der Waals surface area contributed by atoms with Gasteiger partial charge >= 0.3 is 6.18 Å². The average Bonchev–Trinajstić information content (AvgIpc) is 3.40. The van der Waals surface area contributed by atoms with Crippen molar-refractivity contribution in [1.29, 1.82) is 0 Å². The first-order chi connectivity index (χ1) is 17.6. The van der Waals surface area contributed by atoms with Crippen molar-refractivity contribution in [3.05, 3.63) is 54.0 Å². The van der Waals surface area contributed by atoms with Crippen LogP contribution in [0, 0.1) is 0 Å². The molecule has 1 aromatic heterocycles. The third kappa shape index (κ3) is 6.47. The molecule has 0 saturated carbocycles. The number of anilines is 1. The van der Waals surface area contributed by atoms with E-state index in [1.54, 1.807) is 17.0 Å². The topological polar surface area (TPSA) is 115 Å². The molecule has 1 aromatic carbocycles. The zero-order chi connectivity index (χ0) is 26.6. The third-order valence-electron chi connectivity index (χ3n) is 6.25. The van der Waals surface area contributed by atoms with Gasteiger partial charge < -0.3 is 24.9 Å². The van der Waals surface area contributed by atoms with Gasteiger partial charge in [-0.05, 0) is 30.3 Å². The summed E-state index contributed by atoms with van der Waals surface area (Å²) >= 11 is 0. The summed E-state index contributed by atoms with van der Waals surface area (Å²) in [5, 5.41) is 5.00. The molecule has 0 aliphatic carbocycles. The summed E-state index contributed by atoms with van der Waals surface area (Å²) in [6, 6.07) is 6.30. The highest BCUT2D eigenvalue weighted by Crippen LogP contribution is 2.30. The van der Waals surface area contributed by atoms with Gasteiger partial charge in [-0.15, -0.1) is 0 Å². The minimum Gasteiger partial charge on any atom is -0.459 e. The molecule has 2 aliphatic rings. The number of halogens is 3. The lowest BCUT2D eigenvalue weighted by atomic mass is 10.1. The molecule has 2 fully saturated rings. The van der Waals surface area contributed by atoms with Crippen LogP contribution in [-0.2, 0) is 20.6 Å². The molecule has 0 spiro atoms. The molecule has 4 rings (SSSR count). The van der Waals surface area contributed by atoms with E-state index in [2.05, 4.69) is 10.6 Å². The number of nitrogens with zero attached hydrogens (tertiary/aromatic N) is 3. The Bertz CT molecular complexity index is 1150. The molecule has 198 valence electrons. The van der Waals surface area contributed by atoms with Crippen LogP contribution in [0.15, 0.2) is 47.1 Å². The van der Waals surface area contributed by atoms with Gasteiger partial charge in [0.1, 0.15) is 6.04 Å². The second-order valence-electron chi connectivity index (χ2n) is 8.77. The van der Waals surface area contributed by atoms with Crippen LogP contribution >= 0.6 is 0 Å². The lowest BCUT2D eigenvalue weighted by molar-refractivity contribution is -0.145. The standard InChI is InChI=1S/C24H26F3N5O5/c25-24(26,27)16-3-1-4-17(13-16)29-20(33)14-18-22(35)28-6-7-32(18)21(34)15-30-8-10-31(11-9-30)23(36)19-5-2-12-37-19/h1-5,12-13,18H,6-11,14-15H2,(H,28,35)(H,29,33)/t18-/m1/s1. The van der Waals surface area contributed by atoms with E-state index in [1.807, 2.05) is 4.90 Å². The predicted octanol–water partition coefficient (Wildman–Crippen LogP) is 1.41. The van der Waals surface area contributed by atoms with Crippen molar-refractivity contribution in [2.24, 2.45) is 0 Å². The summed E-state index contributed by atoms with van der Waals surface area (Å²) in [6.45, 7) is 2.11. The van der Waals surface area contributed by atoms with E-state index in [1.165, 1.54) is 23.3 Å². The number of hydrogen-bond acceptors (Lipinski definition) is 6. The predicted molar refractivity (Wildman–Crippen MR) is 124 cm³/mol. The van der Waals surface area contributed by atoms with Gasteiger partial charge in [-0.25, -0.2) is 0 Å². The fourth-order valence-electron chi connectivity index (χ4n) is 4.32. The first-order valence-corrected chi connectivity index (χ1v) is 11.7. The molecule has 4 amide bonds. The van der Waals surface area contributed by atoms with Crippen molar-refractivity contribution < 1.29 is 36.8 Å². The van der Waals surface area contributed by atoms with E-state index in [9.17, 15) is 32.3 Å². The van der Waals surface area contributed by atoms with Gasteiger partial charge in [0, 0.05) is 45.0 Å². The third-order valence-corrected chi connectivity index (χ3v) is 6.25. The molecule has 10 nitrogen and oxygen atoms in total. The van der Waals surface area contributed by atoms with E-state index in [4.69, 9.17) is 4.42 Å². The van der Waals surface area contributed by atoms with Crippen LogP contribution in [0.1, 0.15) is 22.5 Å². The van der Waals surface area contributed by atoms with Gasteiger partial charge in [0.05, 0.1) is 24.8 Å². The molecule has 2 N–H and O–H groups in total. The van der Waals surface area contributed by atoms with Gasteiger partial charge in [-0.3, -0.25) is 24.1 Å². The summed E-state index contributed by atoms with van der Waals surface area (Å²) in [5.74, 6) is -1.53. The number of amides is 4. The summed E-state index contributed by atoms with van der Waals surface area (Å²) < 4.78 is 44.0. The zero-order valence-corrected chi connectivity index (χ0v) is 19.8. The Kier molecular flexibility index (Phi) is 7.81. The maximum atomic E-state index is 13.1. The Morgan fingerprint density at radius 3 is 2.49 bits per heavy atom. The molecule has 0 unspecified atom stereocenters. The molecule has 37 heavy (non-hydrogen) atoms. The molecule has 0 radical (unpaired) electrons. The number of hydrogen-bond donors (Lipinski definition) is 2. The first kappa shape index (κ1) is 26.2. The SMILES string of the molecule is O=C(C[C@@H]1C(=O)NCCN1C(=O)CN1CCN(C(=O)c2ccco2)CC1)Nc1cccc(C(F)(F)F)c1. The van der Waals surface area contributed by atoms with Gasteiger partial charge in [0.15, 0.2) is 5.76 Å². The highest BCUT2D eigenvalue weighted by atomic mass is 19.4. The quantitative estimate of drug-likeness (QED) is 0.594. The van der Waals surface area contributed by atoms with E-state index in [0.717, 1.165) is 12.1 Å². The number of carbonyl (C=O) groups excluding carboxylic acids is 4. The lowest BCUT2D eigenvalue weighted by Crippen LogP contribution is -2.60. The number of alkyl halides is 3. The van der Waals surface area contributed by atoms with E-state index < -0.39 is 36.0 Å². The fourth-order valence-corrected chi connectivity index (χ4v) is 4.32. The van der Waals surface area contributed by atoms with Crippen molar-refractivity contribution >= 4 is 29.3 Å². The summed E-state index contributed by atoms with van der Waals surface area (Å²) in [7, 11) is 0. The van der Waals surface area contributed by atoms with Crippen LogP contribution in [0.5, 0.6) is 0 Å². The first-order valence-electron chi connectivity index (χ1n) is 11.7. The van der Waals surface area contributed by atoms with Crippen molar-refractivity contribution in [1.82, 2.24) is 20.0 Å². The summed E-state index contributed by atoms with van der Waals surface area (Å²) in [5.41, 5.74) is -0.973. The van der Waals surface area contributed by atoms with Gasteiger partial charge in [-0.1, -0.05) is 6.07 Å². The highest BCUT2D eigenvalue weighted by Gasteiger charge is 2.36. The Balaban J connectivity index is 1.33. The maximum Gasteiger partial charge on any atom is 0.416 e. The molecule has 1 atom stereocenters. The minimum absolute atomic E-state index is 0.00180. The molecule has 13 heteroatoms. The Labute approximate surface area is 210 Å². The van der Waals surface area contributed by atoms with Crippen LogP contribution in [0.3, 0.4) is 0 Å². The van der Waals surface area contributed by atoms with Crippen LogP contribution in [-0.4, -0.2) is 90.2 Å².